The lowest BCUT2D eigenvalue weighted by atomic mass is 10.1. The number of urea groups is 1. The minimum atomic E-state index is -0.303. The Morgan fingerprint density at radius 2 is 1.78 bits per heavy atom. The minimum absolute atomic E-state index is 0.259. The Balaban J connectivity index is 1.74. The molecule has 0 aliphatic carbocycles. The fourth-order valence-corrected chi connectivity index (χ4v) is 2.50. The third-order valence-corrected chi connectivity index (χ3v) is 3.94. The van der Waals surface area contributed by atoms with E-state index in [1.54, 1.807) is 38.5 Å². The van der Waals surface area contributed by atoms with Crippen LogP contribution in [0.1, 0.15) is 24.9 Å². The first-order valence-corrected chi connectivity index (χ1v) is 8.68. The number of methoxy groups -OCH3 is 2. The van der Waals surface area contributed by atoms with Crippen LogP contribution in [0.5, 0.6) is 17.2 Å². The zero-order valence-electron chi connectivity index (χ0n) is 15.8. The van der Waals surface area contributed by atoms with E-state index in [2.05, 4.69) is 10.6 Å². The Morgan fingerprint density at radius 3 is 2.44 bits per heavy atom. The summed E-state index contributed by atoms with van der Waals surface area (Å²) in [6.07, 6.45) is 0.627. The van der Waals surface area contributed by atoms with Gasteiger partial charge in [-0.25, -0.2) is 9.18 Å². The molecule has 0 spiro atoms. The van der Waals surface area contributed by atoms with Gasteiger partial charge in [0.05, 0.1) is 26.9 Å². The highest BCUT2D eigenvalue weighted by molar-refractivity contribution is 5.74. The van der Waals surface area contributed by atoms with Crippen LogP contribution in [0.3, 0.4) is 0 Å². The summed E-state index contributed by atoms with van der Waals surface area (Å²) in [5.41, 5.74) is 0.826. The molecule has 7 heteroatoms. The van der Waals surface area contributed by atoms with Gasteiger partial charge in [0, 0.05) is 12.1 Å². The summed E-state index contributed by atoms with van der Waals surface area (Å²) in [5.74, 6) is 1.66. The van der Waals surface area contributed by atoms with Gasteiger partial charge in [-0.05, 0) is 55.8 Å². The maximum atomic E-state index is 12.8. The van der Waals surface area contributed by atoms with Crippen LogP contribution in [0.15, 0.2) is 42.5 Å². The van der Waals surface area contributed by atoms with Crippen LogP contribution >= 0.6 is 0 Å². The summed E-state index contributed by atoms with van der Waals surface area (Å²) < 4.78 is 28.9. The van der Waals surface area contributed by atoms with E-state index < -0.39 is 0 Å². The summed E-state index contributed by atoms with van der Waals surface area (Å²) in [5, 5.41) is 5.65. The van der Waals surface area contributed by atoms with E-state index in [4.69, 9.17) is 14.2 Å². The Morgan fingerprint density at radius 1 is 1.07 bits per heavy atom. The van der Waals surface area contributed by atoms with E-state index in [9.17, 15) is 9.18 Å². The van der Waals surface area contributed by atoms with Crippen LogP contribution in [-0.2, 0) is 0 Å². The molecule has 6 nitrogen and oxygen atoms in total. The lowest BCUT2D eigenvalue weighted by molar-refractivity contribution is 0.236. The Hall–Kier alpha value is -2.96. The summed E-state index contributed by atoms with van der Waals surface area (Å²) in [7, 11) is 3.17. The molecule has 2 amide bonds. The molecule has 0 heterocycles. The molecule has 0 saturated carbocycles. The topological polar surface area (TPSA) is 68.8 Å². The Kier molecular flexibility index (Phi) is 7.73. The molecule has 0 bridgehead atoms. The summed E-state index contributed by atoms with van der Waals surface area (Å²) in [6.45, 7) is 2.74. The number of ether oxygens (including phenoxy) is 3. The SMILES string of the molecule is COc1ccc(OC)c(C(C)NC(=O)NCCCOc2ccc(F)cc2)c1. The highest BCUT2D eigenvalue weighted by Gasteiger charge is 2.15. The molecule has 2 aromatic carbocycles. The predicted molar refractivity (Wildman–Crippen MR) is 101 cm³/mol. The standard InChI is InChI=1S/C20H25FN2O4/c1-14(18-13-17(25-2)9-10-19(18)26-3)23-20(24)22-11-4-12-27-16-7-5-15(21)6-8-16/h5-10,13-14H,4,11-12H2,1-3H3,(H2,22,23,24). The van der Waals surface area contributed by atoms with E-state index in [1.807, 2.05) is 13.0 Å². The zero-order chi connectivity index (χ0) is 19.6. The third kappa shape index (κ3) is 6.36. The quantitative estimate of drug-likeness (QED) is 0.655. The molecule has 2 rings (SSSR count). The van der Waals surface area contributed by atoms with Crippen molar-refractivity contribution in [2.24, 2.45) is 0 Å². The number of amides is 2. The Labute approximate surface area is 158 Å². The lowest BCUT2D eigenvalue weighted by Crippen LogP contribution is -2.38. The number of hydrogen-bond donors (Lipinski definition) is 2. The number of nitrogens with one attached hydrogen (secondary N) is 2. The molecule has 0 aromatic heterocycles. The van der Waals surface area contributed by atoms with E-state index in [0.29, 0.717) is 36.8 Å². The van der Waals surface area contributed by atoms with Crippen molar-refractivity contribution < 1.29 is 23.4 Å². The van der Waals surface area contributed by atoms with Gasteiger partial charge in [0.1, 0.15) is 23.1 Å². The smallest absolute Gasteiger partial charge is 0.315 e. The van der Waals surface area contributed by atoms with Gasteiger partial charge in [-0.2, -0.15) is 0 Å². The monoisotopic (exact) mass is 376 g/mol. The molecule has 146 valence electrons. The first-order valence-electron chi connectivity index (χ1n) is 8.68. The number of carbonyl (C=O) groups excluding carboxylic acids is 1. The number of benzene rings is 2. The van der Waals surface area contributed by atoms with E-state index in [1.165, 1.54) is 12.1 Å². The molecule has 1 unspecified atom stereocenters. The number of halogens is 1. The average Bonchev–Trinajstić information content (AvgIpc) is 2.68. The third-order valence-electron chi connectivity index (χ3n) is 3.94. The normalized spacial score (nSPS) is 11.4. The highest BCUT2D eigenvalue weighted by Crippen LogP contribution is 2.29. The van der Waals surface area contributed by atoms with Gasteiger partial charge in [-0.3, -0.25) is 0 Å². The second kappa shape index (κ2) is 10.3. The fraction of sp³-hybridized carbons (Fsp3) is 0.350. The van der Waals surface area contributed by atoms with Crippen molar-refractivity contribution in [2.75, 3.05) is 27.4 Å². The number of carbonyl (C=O) groups is 1. The van der Waals surface area contributed by atoms with Crippen LogP contribution in [-0.4, -0.2) is 33.4 Å². The maximum absolute atomic E-state index is 12.8. The number of rotatable bonds is 9. The first kappa shape index (κ1) is 20.4. The molecule has 2 aromatic rings. The molecule has 2 N–H and O–H groups in total. The molecule has 0 aliphatic heterocycles. The Bertz CT molecular complexity index is 737. The first-order chi connectivity index (χ1) is 13.0. The molecule has 27 heavy (non-hydrogen) atoms. The van der Waals surface area contributed by atoms with Crippen LogP contribution in [0, 0.1) is 5.82 Å². The van der Waals surface area contributed by atoms with E-state index in [-0.39, 0.29) is 17.9 Å². The van der Waals surface area contributed by atoms with Crippen LogP contribution in [0.4, 0.5) is 9.18 Å². The van der Waals surface area contributed by atoms with Crippen molar-refractivity contribution in [3.8, 4) is 17.2 Å². The number of hydrogen-bond acceptors (Lipinski definition) is 4. The van der Waals surface area contributed by atoms with Crippen LogP contribution in [0.2, 0.25) is 0 Å². The average molecular weight is 376 g/mol. The maximum Gasteiger partial charge on any atom is 0.315 e. The molecular formula is C20H25FN2O4. The van der Waals surface area contributed by atoms with Gasteiger partial charge >= 0.3 is 6.03 Å². The predicted octanol–water partition coefficient (Wildman–Crippen LogP) is 3.67. The lowest BCUT2D eigenvalue weighted by Gasteiger charge is -2.18. The van der Waals surface area contributed by atoms with Crippen molar-refractivity contribution in [3.63, 3.8) is 0 Å². The summed E-state index contributed by atoms with van der Waals surface area (Å²) in [4.78, 5) is 12.1. The largest absolute Gasteiger partial charge is 0.497 e. The van der Waals surface area contributed by atoms with Crippen molar-refractivity contribution >= 4 is 6.03 Å². The van der Waals surface area contributed by atoms with Crippen molar-refractivity contribution in [3.05, 3.63) is 53.8 Å². The van der Waals surface area contributed by atoms with Gasteiger partial charge in [0.15, 0.2) is 0 Å². The van der Waals surface area contributed by atoms with Crippen molar-refractivity contribution in [1.29, 1.82) is 0 Å². The van der Waals surface area contributed by atoms with Crippen LogP contribution < -0.4 is 24.8 Å². The summed E-state index contributed by atoms with van der Waals surface area (Å²) >= 11 is 0. The molecule has 1 atom stereocenters. The summed E-state index contributed by atoms with van der Waals surface area (Å²) in [6, 6.07) is 10.7. The second-order valence-electron chi connectivity index (χ2n) is 5.89. The van der Waals surface area contributed by atoms with Crippen molar-refractivity contribution in [2.45, 2.75) is 19.4 Å². The fourth-order valence-electron chi connectivity index (χ4n) is 2.50. The zero-order valence-corrected chi connectivity index (χ0v) is 15.8. The van der Waals surface area contributed by atoms with Gasteiger partial charge in [-0.1, -0.05) is 0 Å². The molecular weight excluding hydrogens is 351 g/mol. The van der Waals surface area contributed by atoms with Crippen molar-refractivity contribution in [1.82, 2.24) is 10.6 Å². The highest BCUT2D eigenvalue weighted by atomic mass is 19.1. The van der Waals surface area contributed by atoms with Crippen LogP contribution in [0.25, 0.3) is 0 Å². The van der Waals surface area contributed by atoms with Gasteiger partial charge in [0.2, 0.25) is 0 Å². The molecule has 0 saturated heterocycles. The van der Waals surface area contributed by atoms with E-state index >= 15 is 0 Å². The molecule has 0 fully saturated rings. The second-order valence-corrected chi connectivity index (χ2v) is 5.89. The molecule has 0 aliphatic rings. The van der Waals surface area contributed by atoms with Gasteiger partial charge in [-0.15, -0.1) is 0 Å². The van der Waals surface area contributed by atoms with Gasteiger partial charge < -0.3 is 24.8 Å². The molecule has 0 radical (unpaired) electrons. The van der Waals surface area contributed by atoms with Gasteiger partial charge in [0.25, 0.3) is 0 Å². The van der Waals surface area contributed by atoms with E-state index in [0.717, 1.165) is 5.56 Å². The minimum Gasteiger partial charge on any atom is -0.497 e.